The van der Waals surface area contributed by atoms with Gasteiger partial charge in [-0.25, -0.2) is 4.98 Å². The number of rotatable bonds is 4. The van der Waals surface area contributed by atoms with Crippen molar-refractivity contribution in [1.82, 2.24) is 24.6 Å². The summed E-state index contributed by atoms with van der Waals surface area (Å²) in [5.74, 6) is -0.577. The van der Waals surface area contributed by atoms with E-state index in [-0.39, 0.29) is 50.9 Å². The van der Waals surface area contributed by atoms with Gasteiger partial charge in [0.25, 0.3) is 0 Å². The third-order valence-electron chi connectivity index (χ3n) is 5.71. The van der Waals surface area contributed by atoms with Crippen LogP contribution in [0.1, 0.15) is 16.8 Å². The van der Waals surface area contributed by atoms with Gasteiger partial charge < -0.3 is 4.90 Å². The van der Waals surface area contributed by atoms with E-state index in [1.165, 1.54) is 16.0 Å². The molecule has 0 atom stereocenters. The summed E-state index contributed by atoms with van der Waals surface area (Å²) in [6, 6.07) is 1.98. The molecule has 4 heterocycles. The lowest BCUT2D eigenvalue weighted by molar-refractivity contribution is -0.143. The van der Waals surface area contributed by atoms with Crippen LogP contribution in [0.15, 0.2) is 24.5 Å². The maximum Gasteiger partial charge on any atom is 0.417 e. The lowest BCUT2D eigenvalue weighted by Gasteiger charge is -2.35. The van der Waals surface area contributed by atoms with Crippen LogP contribution in [0.25, 0.3) is 0 Å². The zero-order chi connectivity index (χ0) is 24.7. The maximum absolute atomic E-state index is 12.7. The van der Waals surface area contributed by atoms with E-state index < -0.39 is 30.4 Å². The molecule has 2 amide bonds. The first-order valence-corrected chi connectivity index (χ1v) is 10.3. The molecule has 14 heteroatoms. The fraction of sp³-hybridized carbons (Fsp3) is 0.500. The van der Waals surface area contributed by atoms with Crippen molar-refractivity contribution in [3.05, 3.63) is 41.3 Å². The molecule has 0 saturated carbocycles. The number of piperazine rings is 1. The third kappa shape index (κ3) is 5.32. The molecule has 0 unspecified atom stereocenters. The van der Waals surface area contributed by atoms with Crippen LogP contribution in [-0.4, -0.2) is 75.3 Å². The van der Waals surface area contributed by atoms with Crippen LogP contribution in [-0.2, 0) is 35.3 Å². The second kappa shape index (κ2) is 8.89. The molecular weight excluding hydrogens is 470 g/mol. The van der Waals surface area contributed by atoms with Crippen molar-refractivity contribution in [3.8, 4) is 0 Å². The van der Waals surface area contributed by atoms with E-state index >= 15 is 0 Å². The highest BCUT2D eigenvalue weighted by Gasteiger charge is 2.34. The minimum Gasteiger partial charge on any atom is -0.337 e. The molecule has 184 valence electrons. The Morgan fingerprint density at radius 2 is 1.76 bits per heavy atom. The molecule has 0 radical (unpaired) electrons. The van der Waals surface area contributed by atoms with Crippen molar-refractivity contribution in [2.45, 2.75) is 31.9 Å². The predicted octanol–water partition coefficient (Wildman–Crippen LogP) is 2.09. The Morgan fingerprint density at radius 3 is 2.38 bits per heavy atom. The smallest absolute Gasteiger partial charge is 0.337 e. The fourth-order valence-corrected chi connectivity index (χ4v) is 4.02. The zero-order valence-electron chi connectivity index (χ0n) is 17.7. The zero-order valence-corrected chi connectivity index (χ0v) is 17.7. The number of fused-ring (bicyclic) bond motifs is 1. The lowest BCUT2D eigenvalue weighted by Crippen LogP contribution is -2.53. The molecule has 2 aliphatic rings. The number of halogens is 6. The van der Waals surface area contributed by atoms with Crippen LogP contribution in [0.3, 0.4) is 0 Å². The van der Waals surface area contributed by atoms with Gasteiger partial charge in [-0.15, -0.1) is 0 Å². The van der Waals surface area contributed by atoms with Gasteiger partial charge in [0.1, 0.15) is 12.4 Å². The minimum absolute atomic E-state index is 0.0635. The first-order chi connectivity index (χ1) is 15.9. The molecule has 0 N–H and O–H groups in total. The van der Waals surface area contributed by atoms with Gasteiger partial charge in [-0.3, -0.25) is 24.1 Å². The Morgan fingerprint density at radius 1 is 1.00 bits per heavy atom. The first-order valence-electron chi connectivity index (χ1n) is 10.3. The fourth-order valence-electron chi connectivity index (χ4n) is 4.02. The monoisotopic (exact) mass is 490 g/mol. The van der Waals surface area contributed by atoms with Gasteiger partial charge in [0, 0.05) is 50.1 Å². The van der Waals surface area contributed by atoms with Crippen molar-refractivity contribution < 1.29 is 35.9 Å². The van der Waals surface area contributed by atoms with Gasteiger partial charge in [-0.2, -0.15) is 31.4 Å². The van der Waals surface area contributed by atoms with Crippen LogP contribution in [0, 0.1) is 0 Å². The summed E-state index contributed by atoms with van der Waals surface area (Å²) in [6.07, 6.45) is -6.68. The molecule has 1 saturated heterocycles. The number of alkyl halides is 6. The number of hydrogen-bond acceptors (Lipinski definition) is 5. The van der Waals surface area contributed by atoms with Gasteiger partial charge in [0.2, 0.25) is 11.8 Å². The standard InChI is InChI=1S/C20H20F6N6O2/c21-19(22,23)12-32-15-3-4-30(9-13(15)7-28-32)17(33)10-29-5-6-31(18(34)11-29)16-2-1-14(8-27-16)20(24,25)26/h1-2,7-8H,3-6,9-12H2. The molecule has 8 nitrogen and oxygen atoms in total. The highest BCUT2D eigenvalue weighted by molar-refractivity contribution is 5.95. The highest BCUT2D eigenvalue weighted by Crippen LogP contribution is 2.29. The molecule has 2 aliphatic heterocycles. The number of anilines is 1. The minimum atomic E-state index is -4.53. The largest absolute Gasteiger partial charge is 0.417 e. The van der Waals surface area contributed by atoms with Crippen molar-refractivity contribution in [2.75, 3.05) is 37.6 Å². The lowest BCUT2D eigenvalue weighted by atomic mass is 10.1. The molecule has 0 aliphatic carbocycles. The Bertz CT molecular complexity index is 1060. The van der Waals surface area contributed by atoms with E-state index in [4.69, 9.17) is 0 Å². The summed E-state index contributed by atoms with van der Waals surface area (Å²) in [7, 11) is 0. The number of hydrogen-bond donors (Lipinski definition) is 0. The Hall–Kier alpha value is -3.16. The quantitative estimate of drug-likeness (QED) is 0.614. The van der Waals surface area contributed by atoms with Gasteiger partial charge >= 0.3 is 12.4 Å². The van der Waals surface area contributed by atoms with Crippen LogP contribution in [0.5, 0.6) is 0 Å². The Balaban J connectivity index is 1.32. The van der Waals surface area contributed by atoms with Crippen LogP contribution < -0.4 is 4.90 Å². The molecule has 0 spiro atoms. The van der Waals surface area contributed by atoms with Gasteiger partial charge in [0.15, 0.2) is 0 Å². The van der Waals surface area contributed by atoms with E-state index in [1.807, 2.05) is 0 Å². The third-order valence-corrected chi connectivity index (χ3v) is 5.71. The van der Waals surface area contributed by atoms with Crippen molar-refractivity contribution in [3.63, 3.8) is 0 Å². The number of carbonyl (C=O) groups excluding carboxylic acids is 2. The predicted molar refractivity (Wildman–Crippen MR) is 105 cm³/mol. The molecule has 4 rings (SSSR count). The Labute approximate surface area is 189 Å². The number of nitrogens with zero attached hydrogens (tertiary/aromatic N) is 6. The first kappa shape index (κ1) is 24.0. The van der Waals surface area contributed by atoms with Crippen molar-refractivity contribution >= 4 is 17.6 Å². The second-order valence-electron chi connectivity index (χ2n) is 8.11. The number of amides is 2. The normalized spacial score (nSPS) is 17.8. The molecule has 1 fully saturated rings. The summed E-state index contributed by atoms with van der Waals surface area (Å²) in [4.78, 5) is 33.4. The van der Waals surface area contributed by atoms with Crippen LogP contribution in [0.2, 0.25) is 0 Å². The molecule has 2 aromatic rings. The highest BCUT2D eigenvalue weighted by atomic mass is 19.4. The van der Waals surface area contributed by atoms with Crippen LogP contribution in [0.4, 0.5) is 32.2 Å². The summed E-state index contributed by atoms with van der Waals surface area (Å²) in [5, 5.41) is 3.79. The average Bonchev–Trinajstić information content (AvgIpc) is 3.14. The van der Waals surface area contributed by atoms with Gasteiger partial charge in [-0.1, -0.05) is 0 Å². The van der Waals surface area contributed by atoms with Crippen molar-refractivity contribution in [1.29, 1.82) is 0 Å². The SMILES string of the molecule is O=C(CN1CCN(c2ccc(C(F)(F)F)cn2)C(=O)C1)N1CCc2c(cnn2CC(F)(F)F)C1. The second-order valence-corrected chi connectivity index (χ2v) is 8.11. The molecule has 2 aromatic heterocycles. The molecular formula is C20H20F6N6O2. The van der Waals surface area contributed by atoms with E-state index in [1.54, 1.807) is 4.90 Å². The number of aromatic nitrogens is 3. The van der Waals surface area contributed by atoms with E-state index in [2.05, 4.69) is 10.1 Å². The maximum atomic E-state index is 12.7. The number of carbonyl (C=O) groups is 2. The molecule has 0 aromatic carbocycles. The summed E-state index contributed by atoms with van der Waals surface area (Å²) >= 11 is 0. The average molecular weight is 490 g/mol. The topological polar surface area (TPSA) is 74.6 Å². The van der Waals surface area contributed by atoms with E-state index in [0.29, 0.717) is 24.0 Å². The molecule has 0 bridgehead atoms. The summed E-state index contributed by atoms with van der Waals surface area (Å²) in [5.41, 5.74) is 0.0916. The summed E-state index contributed by atoms with van der Waals surface area (Å²) in [6.45, 7) is -0.532. The van der Waals surface area contributed by atoms with E-state index in [9.17, 15) is 35.9 Å². The number of pyridine rings is 1. The van der Waals surface area contributed by atoms with Crippen LogP contribution >= 0.6 is 0 Å². The summed E-state index contributed by atoms with van der Waals surface area (Å²) < 4.78 is 77.0. The Kier molecular flexibility index (Phi) is 6.27. The van der Waals surface area contributed by atoms with E-state index in [0.717, 1.165) is 16.8 Å². The van der Waals surface area contributed by atoms with Gasteiger partial charge in [0.05, 0.1) is 24.8 Å². The van der Waals surface area contributed by atoms with Crippen molar-refractivity contribution in [2.24, 2.45) is 0 Å². The van der Waals surface area contributed by atoms with Gasteiger partial charge in [-0.05, 0) is 12.1 Å². The molecule has 34 heavy (non-hydrogen) atoms.